The van der Waals surface area contributed by atoms with Gasteiger partial charge in [-0.3, -0.25) is 15.2 Å². The van der Waals surface area contributed by atoms with E-state index in [0.29, 0.717) is 6.54 Å². The summed E-state index contributed by atoms with van der Waals surface area (Å²) in [4.78, 5) is 14.2. The smallest absolute Gasteiger partial charge is 0.303 e. The minimum atomic E-state index is -0.381. The summed E-state index contributed by atoms with van der Waals surface area (Å²) in [5, 5.41) is 22.2. The molecule has 1 unspecified atom stereocenters. The second-order valence-corrected chi connectivity index (χ2v) is 4.41. The summed E-state index contributed by atoms with van der Waals surface area (Å²) < 4.78 is 0. The molecule has 0 saturated heterocycles. The number of hydrogen-bond acceptors (Lipinski definition) is 6. The molecule has 7 nitrogen and oxygen atoms in total. The average molecular weight is 253 g/mol. The first kappa shape index (κ1) is 11.7. The number of rotatable bonds is 5. The predicted molar refractivity (Wildman–Crippen MR) is 62.6 cm³/mol. The summed E-state index contributed by atoms with van der Waals surface area (Å²) in [6, 6.07) is 1.60. The SMILES string of the molecule is CC(NCc1csc([N+](=O)[O-])c1)c1ncn[nH]1. The number of aromatic amines is 1. The minimum Gasteiger partial charge on any atom is -0.303 e. The van der Waals surface area contributed by atoms with Gasteiger partial charge in [-0.1, -0.05) is 11.3 Å². The van der Waals surface area contributed by atoms with E-state index in [-0.39, 0.29) is 16.0 Å². The van der Waals surface area contributed by atoms with Crippen LogP contribution in [0.15, 0.2) is 17.8 Å². The molecule has 90 valence electrons. The quantitative estimate of drug-likeness (QED) is 0.623. The summed E-state index contributed by atoms with van der Waals surface area (Å²) in [6.45, 7) is 2.51. The van der Waals surface area contributed by atoms with Gasteiger partial charge in [-0.25, -0.2) is 4.98 Å². The molecular formula is C9H11N5O2S. The molecule has 0 aliphatic heterocycles. The number of nitro groups is 1. The Kier molecular flexibility index (Phi) is 3.45. The fraction of sp³-hybridized carbons (Fsp3) is 0.333. The standard InChI is InChI=1S/C9H11N5O2S/c1-6(9-11-5-12-13-9)10-3-7-2-8(14(15)16)17-4-7/h2,4-6,10H,3H2,1H3,(H,11,12,13). The summed E-state index contributed by atoms with van der Waals surface area (Å²) in [5.41, 5.74) is 0.896. The number of nitrogens with one attached hydrogen (secondary N) is 2. The molecule has 0 aromatic carbocycles. The monoisotopic (exact) mass is 253 g/mol. The second-order valence-electron chi connectivity index (χ2n) is 3.52. The number of thiophene rings is 1. The van der Waals surface area contributed by atoms with Crippen LogP contribution in [0.5, 0.6) is 0 Å². The van der Waals surface area contributed by atoms with Crippen molar-refractivity contribution in [2.24, 2.45) is 0 Å². The van der Waals surface area contributed by atoms with Crippen LogP contribution in [-0.4, -0.2) is 20.1 Å². The van der Waals surface area contributed by atoms with Crippen LogP contribution >= 0.6 is 11.3 Å². The van der Waals surface area contributed by atoms with Gasteiger partial charge in [-0.15, -0.1) is 0 Å². The zero-order valence-corrected chi connectivity index (χ0v) is 9.90. The molecule has 2 heterocycles. The van der Waals surface area contributed by atoms with E-state index in [1.54, 1.807) is 11.4 Å². The maximum atomic E-state index is 10.5. The molecule has 0 saturated carbocycles. The van der Waals surface area contributed by atoms with Gasteiger partial charge in [-0.2, -0.15) is 5.10 Å². The highest BCUT2D eigenvalue weighted by molar-refractivity contribution is 7.13. The Bertz CT molecular complexity index is 495. The molecule has 0 spiro atoms. The second kappa shape index (κ2) is 5.02. The van der Waals surface area contributed by atoms with Gasteiger partial charge in [0.25, 0.3) is 0 Å². The molecule has 0 bridgehead atoms. The summed E-state index contributed by atoms with van der Waals surface area (Å²) >= 11 is 1.13. The third-order valence-electron chi connectivity index (χ3n) is 2.28. The number of aromatic nitrogens is 3. The van der Waals surface area contributed by atoms with E-state index < -0.39 is 0 Å². The van der Waals surface area contributed by atoms with Crippen molar-refractivity contribution in [2.75, 3.05) is 0 Å². The molecule has 2 aromatic heterocycles. The normalized spacial score (nSPS) is 12.5. The highest BCUT2D eigenvalue weighted by atomic mass is 32.1. The van der Waals surface area contributed by atoms with Crippen molar-refractivity contribution in [3.05, 3.63) is 39.3 Å². The minimum absolute atomic E-state index is 0.0245. The van der Waals surface area contributed by atoms with Gasteiger partial charge in [0.1, 0.15) is 12.2 Å². The van der Waals surface area contributed by atoms with Crippen LogP contribution in [-0.2, 0) is 6.54 Å². The molecule has 2 rings (SSSR count). The Labute approximate surface area is 101 Å². The Hall–Kier alpha value is -1.80. The maximum absolute atomic E-state index is 10.5. The van der Waals surface area contributed by atoms with Gasteiger partial charge in [0, 0.05) is 18.0 Å². The Balaban J connectivity index is 1.91. The first-order valence-electron chi connectivity index (χ1n) is 4.97. The fourth-order valence-electron chi connectivity index (χ4n) is 1.34. The highest BCUT2D eigenvalue weighted by Gasteiger charge is 2.11. The van der Waals surface area contributed by atoms with Crippen molar-refractivity contribution in [3.8, 4) is 0 Å². The first-order valence-corrected chi connectivity index (χ1v) is 5.85. The van der Waals surface area contributed by atoms with Gasteiger partial charge in [-0.05, 0) is 12.5 Å². The van der Waals surface area contributed by atoms with Crippen molar-refractivity contribution in [2.45, 2.75) is 19.5 Å². The van der Waals surface area contributed by atoms with Crippen molar-refractivity contribution in [1.29, 1.82) is 0 Å². The van der Waals surface area contributed by atoms with Crippen LogP contribution in [0, 0.1) is 10.1 Å². The number of hydrogen-bond donors (Lipinski definition) is 2. The highest BCUT2D eigenvalue weighted by Crippen LogP contribution is 2.22. The van der Waals surface area contributed by atoms with Gasteiger partial charge in [0.2, 0.25) is 0 Å². The maximum Gasteiger partial charge on any atom is 0.324 e. The van der Waals surface area contributed by atoms with Crippen LogP contribution in [0.3, 0.4) is 0 Å². The molecule has 2 aromatic rings. The largest absolute Gasteiger partial charge is 0.324 e. The molecule has 0 fully saturated rings. The third kappa shape index (κ3) is 2.86. The van der Waals surface area contributed by atoms with Crippen molar-refractivity contribution >= 4 is 16.3 Å². The van der Waals surface area contributed by atoms with Crippen LogP contribution in [0.2, 0.25) is 0 Å². The van der Waals surface area contributed by atoms with Crippen molar-refractivity contribution < 1.29 is 4.92 Å². The van der Waals surface area contributed by atoms with E-state index in [9.17, 15) is 10.1 Å². The zero-order valence-electron chi connectivity index (χ0n) is 9.08. The molecule has 2 N–H and O–H groups in total. The molecule has 17 heavy (non-hydrogen) atoms. The Morgan fingerprint density at radius 3 is 3.12 bits per heavy atom. The van der Waals surface area contributed by atoms with Crippen LogP contribution in [0.25, 0.3) is 0 Å². The third-order valence-corrected chi connectivity index (χ3v) is 3.21. The molecule has 0 radical (unpaired) electrons. The van der Waals surface area contributed by atoms with Crippen LogP contribution < -0.4 is 5.32 Å². The Morgan fingerprint density at radius 2 is 2.53 bits per heavy atom. The average Bonchev–Trinajstić information content (AvgIpc) is 2.97. The van der Waals surface area contributed by atoms with E-state index in [2.05, 4.69) is 20.5 Å². The number of H-pyrrole nitrogens is 1. The topological polar surface area (TPSA) is 96.7 Å². The van der Waals surface area contributed by atoms with Crippen LogP contribution in [0.1, 0.15) is 24.4 Å². The van der Waals surface area contributed by atoms with Gasteiger partial charge in [0.05, 0.1) is 11.0 Å². The summed E-state index contributed by atoms with van der Waals surface area (Å²) in [5.74, 6) is 0.745. The number of nitrogens with zero attached hydrogens (tertiary/aromatic N) is 3. The lowest BCUT2D eigenvalue weighted by molar-refractivity contribution is -0.380. The van der Waals surface area contributed by atoms with Gasteiger partial charge < -0.3 is 5.32 Å². The fourth-order valence-corrected chi connectivity index (χ4v) is 2.07. The Morgan fingerprint density at radius 1 is 1.71 bits per heavy atom. The molecule has 0 aliphatic rings. The van der Waals surface area contributed by atoms with E-state index in [0.717, 1.165) is 22.7 Å². The van der Waals surface area contributed by atoms with Crippen LogP contribution in [0.4, 0.5) is 5.00 Å². The molecular weight excluding hydrogens is 242 g/mol. The van der Waals surface area contributed by atoms with Crippen molar-refractivity contribution in [3.63, 3.8) is 0 Å². The predicted octanol–water partition coefficient (Wildman–Crippen LogP) is 1.63. The summed E-state index contributed by atoms with van der Waals surface area (Å²) in [7, 11) is 0. The van der Waals surface area contributed by atoms with Gasteiger partial charge in [0.15, 0.2) is 0 Å². The molecule has 0 amide bonds. The summed E-state index contributed by atoms with van der Waals surface area (Å²) in [6.07, 6.45) is 1.45. The lowest BCUT2D eigenvalue weighted by Gasteiger charge is -2.09. The lowest BCUT2D eigenvalue weighted by Crippen LogP contribution is -2.18. The zero-order chi connectivity index (χ0) is 12.3. The van der Waals surface area contributed by atoms with E-state index in [4.69, 9.17) is 0 Å². The van der Waals surface area contributed by atoms with Gasteiger partial charge >= 0.3 is 5.00 Å². The first-order chi connectivity index (χ1) is 8.16. The van der Waals surface area contributed by atoms with E-state index in [1.165, 1.54) is 6.33 Å². The molecule has 0 aliphatic carbocycles. The molecule has 8 heteroatoms. The van der Waals surface area contributed by atoms with E-state index >= 15 is 0 Å². The molecule has 1 atom stereocenters. The van der Waals surface area contributed by atoms with E-state index in [1.807, 2.05) is 6.92 Å². The lowest BCUT2D eigenvalue weighted by atomic mass is 10.3. The van der Waals surface area contributed by atoms with Crippen molar-refractivity contribution in [1.82, 2.24) is 20.5 Å².